The maximum atomic E-state index is 8.62. The van der Waals surface area contributed by atoms with E-state index in [0.717, 1.165) is 11.3 Å². The molecule has 1 heterocycles. The molecule has 56 valence electrons. The van der Waals surface area contributed by atoms with Gasteiger partial charge in [0.2, 0.25) is 5.39 Å². The molecule has 1 aromatic heterocycles. The van der Waals surface area contributed by atoms with Crippen molar-refractivity contribution < 1.29 is 0 Å². The average molecular weight is 175 g/mol. The Morgan fingerprint density at radius 3 is 2.33 bits per heavy atom. The van der Waals surface area contributed by atoms with E-state index in [-0.39, 0.29) is 10.6 Å². The molecule has 1 aromatic rings. The molecule has 0 amide bonds. The molecule has 0 atom stereocenters. The number of thiophene rings is 1. The van der Waals surface area contributed by atoms with Gasteiger partial charge < -0.3 is 0 Å². The first-order chi connectivity index (χ1) is 5.74. The summed E-state index contributed by atoms with van der Waals surface area (Å²) < 4.78 is 0. The zero-order chi connectivity index (χ0) is 9.14. The van der Waals surface area contributed by atoms with Gasteiger partial charge in [-0.1, -0.05) is 0 Å². The second-order valence-corrected chi connectivity index (χ2v) is 3.06. The minimum Gasteiger partial charge on any atom is -0.192 e. The van der Waals surface area contributed by atoms with E-state index in [1.165, 1.54) is 0 Å². The maximum absolute atomic E-state index is 8.62. The SMILES string of the molecule is Cc1c(C#N)sc([N+]#N)c1C#N. The minimum absolute atomic E-state index is 0.201. The summed E-state index contributed by atoms with van der Waals surface area (Å²) in [5.74, 6) is 0. The summed E-state index contributed by atoms with van der Waals surface area (Å²) in [5, 5.41) is 25.8. The van der Waals surface area contributed by atoms with E-state index in [0.29, 0.717) is 10.4 Å². The lowest BCUT2D eigenvalue weighted by molar-refractivity contribution is 1.41. The Morgan fingerprint density at radius 2 is 2.00 bits per heavy atom. The predicted octanol–water partition coefficient (Wildman–Crippen LogP) is 2.28. The van der Waals surface area contributed by atoms with E-state index in [2.05, 4.69) is 4.98 Å². The van der Waals surface area contributed by atoms with E-state index in [1.54, 1.807) is 6.92 Å². The van der Waals surface area contributed by atoms with Crippen LogP contribution < -0.4 is 0 Å². The third kappa shape index (κ3) is 1.01. The molecule has 0 aliphatic rings. The summed E-state index contributed by atoms with van der Waals surface area (Å²) in [4.78, 5) is 3.33. The first kappa shape index (κ1) is 8.20. The lowest BCUT2D eigenvalue weighted by atomic mass is 10.2. The molecule has 0 saturated carbocycles. The van der Waals surface area contributed by atoms with Crippen molar-refractivity contribution in [1.82, 2.24) is 0 Å². The number of hydrogen-bond donors (Lipinski definition) is 0. The molecule has 1 rings (SSSR count). The monoisotopic (exact) mass is 175 g/mol. The molecule has 0 aliphatic heterocycles. The standard InChI is InChI=1S/C7H3N4S/c1-4-5(2-8)7(11-10)12-6(4)3-9/h1H3/q+1. The van der Waals surface area contributed by atoms with E-state index < -0.39 is 0 Å². The second-order valence-electron chi connectivity index (χ2n) is 2.06. The zero-order valence-electron chi connectivity index (χ0n) is 6.20. The normalized spacial score (nSPS) is 8.17. The van der Waals surface area contributed by atoms with Gasteiger partial charge in [0.25, 0.3) is 0 Å². The van der Waals surface area contributed by atoms with Gasteiger partial charge in [0.05, 0.1) is 0 Å². The van der Waals surface area contributed by atoms with Crippen LogP contribution in [0.5, 0.6) is 0 Å². The second kappa shape index (κ2) is 3.00. The fourth-order valence-electron chi connectivity index (χ4n) is 0.807. The first-order valence-corrected chi connectivity index (χ1v) is 3.85. The van der Waals surface area contributed by atoms with Gasteiger partial charge in [0.1, 0.15) is 17.0 Å². The minimum atomic E-state index is 0.201. The lowest BCUT2D eigenvalue weighted by Gasteiger charge is -1.79. The predicted molar refractivity (Wildman–Crippen MR) is 43.2 cm³/mol. The Balaban J connectivity index is 3.51. The number of rotatable bonds is 0. The zero-order valence-corrected chi connectivity index (χ0v) is 7.01. The van der Waals surface area contributed by atoms with E-state index in [4.69, 9.17) is 15.9 Å². The van der Waals surface area contributed by atoms with Crippen LogP contribution >= 0.6 is 11.3 Å². The molecule has 0 N–H and O–H groups in total. The highest BCUT2D eigenvalue weighted by atomic mass is 32.1. The first-order valence-electron chi connectivity index (χ1n) is 3.03. The molecule has 12 heavy (non-hydrogen) atoms. The summed E-state index contributed by atoms with van der Waals surface area (Å²) in [6.07, 6.45) is 0. The van der Waals surface area contributed by atoms with Crippen LogP contribution in [-0.4, -0.2) is 0 Å². The van der Waals surface area contributed by atoms with Gasteiger partial charge in [0.15, 0.2) is 10.5 Å². The third-order valence-corrected chi connectivity index (χ3v) is 2.51. The van der Waals surface area contributed by atoms with Crippen LogP contribution in [-0.2, 0) is 0 Å². The van der Waals surface area contributed by atoms with Crippen LogP contribution in [0.2, 0.25) is 0 Å². The molecule has 0 aromatic carbocycles. The van der Waals surface area contributed by atoms with Crippen molar-refractivity contribution in [2.45, 2.75) is 6.92 Å². The fourth-order valence-corrected chi connectivity index (χ4v) is 1.64. The van der Waals surface area contributed by atoms with Crippen molar-refractivity contribution in [3.63, 3.8) is 0 Å². The molecule has 5 heteroatoms. The molecule has 0 aliphatic carbocycles. The van der Waals surface area contributed by atoms with Crippen LogP contribution in [0, 0.1) is 35.0 Å². The van der Waals surface area contributed by atoms with Crippen LogP contribution in [0.1, 0.15) is 16.0 Å². The van der Waals surface area contributed by atoms with Gasteiger partial charge in [-0.2, -0.15) is 10.5 Å². The van der Waals surface area contributed by atoms with E-state index in [1.807, 2.05) is 12.1 Å². The maximum Gasteiger partial charge on any atom is 0.459 e. The highest BCUT2D eigenvalue weighted by Gasteiger charge is 2.23. The molecule has 4 nitrogen and oxygen atoms in total. The van der Waals surface area contributed by atoms with Gasteiger partial charge in [-0.05, 0) is 18.3 Å². The summed E-state index contributed by atoms with van der Waals surface area (Å²) in [7, 11) is 0. The van der Waals surface area contributed by atoms with Crippen LogP contribution in [0.3, 0.4) is 0 Å². The number of nitriles is 2. The highest BCUT2D eigenvalue weighted by molar-refractivity contribution is 7.17. The van der Waals surface area contributed by atoms with Gasteiger partial charge >= 0.3 is 5.00 Å². The van der Waals surface area contributed by atoms with Crippen molar-refractivity contribution in [2.24, 2.45) is 0 Å². The number of hydrogen-bond acceptors (Lipinski definition) is 4. The Morgan fingerprint density at radius 1 is 1.33 bits per heavy atom. The molecule has 0 saturated heterocycles. The molecular weight excluding hydrogens is 172 g/mol. The average Bonchev–Trinajstić information content (AvgIpc) is 2.41. The Labute approximate surface area is 72.9 Å². The van der Waals surface area contributed by atoms with Crippen LogP contribution in [0.4, 0.5) is 5.00 Å². The summed E-state index contributed by atoms with van der Waals surface area (Å²) in [6, 6.07) is 3.80. The lowest BCUT2D eigenvalue weighted by Crippen LogP contribution is -1.75. The van der Waals surface area contributed by atoms with Crippen molar-refractivity contribution in [3.8, 4) is 12.1 Å². The Hall–Kier alpha value is -1.90. The van der Waals surface area contributed by atoms with Gasteiger partial charge in [-0.3, -0.25) is 0 Å². The highest BCUT2D eigenvalue weighted by Crippen LogP contribution is 2.33. The summed E-state index contributed by atoms with van der Waals surface area (Å²) >= 11 is 1.01. The van der Waals surface area contributed by atoms with E-state index in [9.17, 15) is 0 Å². The molecule has 0 fully saturated rings. The van der Waals surface area contributed by atoms with E-state index >= 15 is 0 Å². The Bertz CT molecular complexity index is 438. The number of nitrogens with zero attached hydrogens (tertiary/aromatic N) is 4. The topological polar surface area (TPSA) is 75.7 Å². The molecular formula is C7H3N4S+. The number of diazo groups is 1. The smallest absolute Gasteiger partial charge is 0.192 e. The molecule has 0 unspecified atom stereocenters. The molecule has 0 bridgehead atoms. The quantitative estimate of drug-likeness (QED) is 0.567. The van der Waals surface area contributed by atoms with Crippen LogP contribution in [0.15, 0.2) is 0 Å². The van der Waals surface area contributed by atoms with Gasteiger partial charge in [0, 0.05) is 5.56 Å². The van der Waals surface area contributed by atoms with Crippen molar-refractivity contribution >= 4 is 16.3 Å². The third-order valence-electron chi connectivity index (χ3n) is 1.43. The fraction of sp³-hybridized carbons (Fsp3) is 0.143. The van der Waals surface area contributed by atoms with Crippen molar-refractivity contribution in [2.75, 3.05) is 0 Å². The van der Waals surface area contributed by atoms with Crippen molar-refractivity contribution in [1.29, 1.82) is 15.9 Å². The summed E-state index contributed by atoms with van der Waals surface area (Å²) in [5.41, 5.74) is 0.858. The van der Waals surface area contributed by atoms with Gasteiger partial charge in [-0.15, -0.1) is 0 Å². The van der Waals surface area contributed by atoms with Crippen LogP contribution in [0.25, 0.3) is 4.98 Å². The van der Waals surface area contributed by atoms with Gasteiger partial charge in [-0.25, -0.2) is 0 Å². The van der Waals surface area contributed by atoms with Crippen molar-refractivity contribution in [3.05, 3.63) is 21.0 Å². The largest absolute Gasteiger partial charge is 0.459 e. The molecule has 0 spiro atoms. The summed E-state index contributed by atoms with van der Waals surface area (Å²) in [6.45, 7) is 1.66. The Kier molecular flexibility index (Phi) is 2.05. The molecule has 0 radical (unpaired) electrons.